The molecule has 2 aromatic rings. The van der Waals surface area contributed by atoms with Gasteiger partial charge in [0.2, 0.25) is 0 Å². The number of carbonyl (C=O) groups is 1. The maximum absolute atomic E-state index is 11.0. The molecular weight excluding hydrogens is 287 g/mol. The molecule has 19 heavy (non-hydrogen) atoms. The molecule has 0 amide bonds. The van der Waals surface area contributed by atoms with Crippen LogP contribution in [0.5, 0.6) is 5.75 Å². The second-order valence-corrected chi connectivity index (χ2v) is 4.52. The molecule has 2 rings (SSSR count). The number of benzene rings is 2. The van der Waals surface area contributed by atoms with Crippen LogP contribution in [0.4, 0.5) is 0 Å². The predicted octanol–water partition coefficient (Wildman–Crippen LogP) is 2.86. The molecule has 0 spiro atoms. The SMILES string of the molecule is O=C(O)c1ccccc1OCSc1ccccc1.[KH]. The zero-order chi connectivity index (χ0) is 12.8. The second-order valence-electron chi connectivity index (χ2n) is 3.52. The Hall–Kier alpha value is -0.304. The molecule has 0 saturated carbocycles. The Morgan fingerprint density at radius 1 is 1.05 bits per heavy atom. The first kappa shape index (κ1) is 16.7. The van der Waals surface area contributed by atoms with Gasteiger partial charge in [0.25, 0.3) is 0 Å². The normalized spacial score (nSPS) is 9.47. The van der Waals surface area contributed by atoms with Crippen LogP contribution in [-0.4, -0.2) is 68.4 Å². The molecule has 0 bridgehead atoms. The van der Waals surface area contributed by atoms with Crippen molar-refractivity contribution in [2.45, 2.75) is 4.90 Å². The van der Waals surface area contributed by atoms with Crippen LogP contribution in [0.3, 0.4) is 0 Å². The van der Waals surface area contributed by atoms with Crippen molar-refractivity contribution >= 4 is 69.1 Å². The maximum atomic E-state index is 11.0. The Balaban J connectivity index is 0.00000180. The van der Waals surface area contributed by atoms with Crippen molar-refractivity contribution < 1.29 is 14.6 Å². The van der Waals surface area contributed by atoms with E-state index in [0.29, 0.717) is 11.7 Å². The van der Waals surface area contributed by atoms with E-state index in [4.69, 9.17) is 9.84 Å². The number of carboxylic acids is 1. The Morgan fingerprint density at radius 3 is 2.37 bits per heavy atom. The molecule has 0 unspecified atom stereocenters. The molecule has 94 valence electrons. The first-order valence-electron chi connectivity index (χ1n) is 5.40. The van der Waals surface area contributed by atoms with E-state index >= 15 is 0 Å². The van der Waals surface area contributed by atoms with Crippen molar-refractivity contribution in [2.75, 3.05) is 5.94 Å². The first-order chi connectivity index (χ1) is 8.77. The van der Waals surface area contributed by atoms with Crippen LogP contribution < -0.4 is 4.74 Å². The summed E-state index contributed by atoms with van der Waals surface area (Å²) in [6.07, 6.45) is 0. The number of rotatable bonds is 5. The third-order valence-corrected chi connectivity index (χ3v) is 3.14. The van der Waals surface area contributed by atoms with Crippen LogP contribution in [-0.2, 0) is 0 Å². The standard InChI is InChI=1S/C14H12O3S.K.H/c15-14(16)12-8-4-5-9-13(12)17-10-18-11-6-2-1-3-7-11;;/h1-9H,10H2,(H,15,16);;. The van der Waals surface area contributed by atoms with E-state index in [0.717, 1.165) is 4.90 Å². The molecule has 0 saturated heterocycles. The number of hydrogen-bond donors (Lipinski definition) is 1. The average Bonchev–Trinajstić information content (AvgIpc) is 2.40. The summed E-state index contributed by atoms with van der Waals surface area (Å²) in [5.74, 6) is -0.197. The van der Waals surface area contributed by atoms with Crippen LogP contribution in [0.1, 0.15) is 10.4 Å². The van der Waals surface area contributed by atoms with Gasteiger partial charge in [0.15, 0.2) is 0 Å². The van der Waals surface area contributed by atoms with Crippen molar-refractivity contribution in [3.8, 4) is 5.75 Å². The fourth-order valence-electron chi connectivity index (χ4n) is 1.45. The minimum absolute atomic E-state index is 0. The van der Waals surface area contributed by atoms with E-state index in [2.05, 4.69) is 0 Å². The molecule has 0 aliphatic heterocycles. The van der Waals surface area contributed by atoms with Gasteiger partial charge in [-0.1, -0.05) is 42.1 Å². The van der Waals surface area contributed by atoms with Crippen molar-refractivity contribution in [1.82, 2.24) is 0 Å². The van der Waals surface area contributed by atoms with Crippen LogP contribution in [0, 0.1) is 0 Å². The van der Waals surface area contributed by atoms with Crippen molar-refractivity contribution in [3.05, 3.63) is 60.2 Å². The molecule has 0 radical (unpaired) electrons. The Morgan fingerprint density at radius 2 is 1.68 bits per heavy atom. The van der Waals surface area contributed by atoms with E-state index in [1.807, 2.05) is 30.3 Å². The first-order valence-corrected chi connectivity index (χ1v) is 6.39. The molecule has 0 heterocycles. The third kappa shape index (κ3) is 5.29. The van der Waals surface area contributed by atoms with Crippen molar-refractivity contribution in [1.29, 1.82) is 0 Å². The zero-order valence-corrected chi connectivity index (χ0v) is 10.4. The zero-order valence-electron chi connectivity index (χ0n) is 9.58. The molecule has 0 fully saturated rings. The van der Waals surface area contributed by atoms with Gasteiger partial charge in [0.05, 0.1) is 0 Å². The number of carboxylic acid groups (broad SMARTS) is 1. The number of aromatic carboxylic acids is 1. The van der Waals surface area contributed by atoms with Gasteiger partial charge in [-0.25, -0.2) is 4.79 Å². The van der Waals surface area contributed by atoms with Gasteiger partial charge >= 0.3 is 57.4 Å². The van der Waals surface area contributed by atoms with Crippen molar-refractivity contribution in [3.63, 3.8) is 0 Å². The topological polar surface area (TPSA) is 46.5 Å². The van der Waals surface area contributed by atoms with Gasteiger partial charge in [-0.15, -0.1) is 0 Å². The second kappa shape index (κ2) is 8.79. The number of thioether (sulfide) groups is 1. The third-order valence-electron chi connectivity index (χ3n) is 2.30. The van der Waals surface area contributed by atoms with Gasteiger partial charge in [-0.3, -0.25) is 0 Å². The van der Waals surface area contributed by atoms with E-state index in [1.54, 1.807) is 18.2 Å². The van der Waals surface area contributed by atoms with Gasteiger partial charge in [-0.2, -0.15) is 0 Å². The molecular formula is C14H13KO3S. The summed E-state index contributed by atoms with van der Waals surface area (Å²) in [5, 5.41) is 9.00. The number of para-hydroxylation sites is 1. The quantitative estimate of drug-likeness (QED) is 0.524. The van der Waals surface area contributed by atoms with Crippen LogP contribution >= 0.6 is 11.8 Å². The molecule has 0 aromatic heterocycles. The minimum atomic E-state index is -0.977. The van der Waals surface area contributed by atoms with Gasteiger partial charge < -0.3 is 9.84 Å². The number of hydrogen-bond acceptors (Lipinski definition) is 3. The molecule has 0 aliphatic carbocycles. The summed E-state index contributed by atoms with van der Waals surface area (Å²) < 4.78 is 5.48. The van der Waals surface area contributed by atoms with E-state index in [-0.39, 0.29) is 56.9 Å². The molecule has 1 N–H and O–H groups in total. The fourth-order valence-corrected chi connectivity index (χ4v) is 2.12. The summed E-state index contributed by atoms with van der Waals surface area (Å²) in [5.41, 5.74) is 0.186. The molecule has 3 nitrogen and oxygen atoms in total. The molecule has 0 atom stereocenters. The van der Waals surface area contributed by atoms with Crippen molar-refractivity contribution in [2.24, 2.45) is 0 Å². The molecule has 5 heteroatoms. The van der Waals surface area contributed by atoms with E-state index in [1.165, 1.54) is 17.8 Å². The summed E-state index contributed by atoms with van der Waals surface area (Å²) in [4.78, 5) is 12.1. The predicted molar refractivity (Wildman–Crippen MR) is 78.3 cm³/mol. The Labute approximate surface area is 158 Å². The molecule has 0 aliphatic rings. The average molecular weight is 300 g/mol. The van der Waals surface area contributed by atoms with Gasteiger partial charge in [-0.05, 0) is 24.3 Å². The monoisotopic (exact) mass is 300 g/mol. The van der Waals surface area contributed by atoms with E-state index in [9.17, 15) is 4.79 Å². The van der Waals surface area contributed by atoms with Crippen LogP contribution in [0.2, 0.25) is 0 Å². The Kier molecular flexibility index (Phi) is 7.75. The summed E-state index contributed by atoms with van der Waals surface area (Å²) in [6, 6.07) is 16.5. The summed E-state index contributed by atoms with van der Waals surface area (Å²) in [6.45, 7) is 0. The fraction of sp³-hybridized carbons (Fsp3) is 0.0714. The van der Waals surface area contributed by atoms with E-state index < -0.39 is 5.97 Å². The van der Waals surface area contributed by atoms with Crippen LogP contribution in [0.25, 0.3) is 0 Å². The number of ether oxygens (including phenoxy) is 1. The van der Waals surface area contributed by atoms with Crippen LogP contribution in [0.15, 0.2) is 59.5 Å². The summed E-state index contributed by atoms with van der Waals surface area (Å²) >= 11 is 1.52. The van der Waals surface area contributed by atoms with Gasteiger partial charge in [0.1, 0.15) is 17.3 Å². The Bertz CT molecular complexity index is 531. The summed E-state index contributed by atoms with van der Waals surface area (Å²) in [7, 11) is 0. The van der Waals surface area contributed by atoms with Gasteiger partial charge in [0, 0.05) is 4.90 Å². The molecule has 2 aromatic carbocycles.